The summed E-state index contributed by atoms with van der Waals surface area (Å²) in [4.78, 5) is 29.5. The van der Waals surface area contributed by atoms with Crippen LogP contribution in [-0.2, 0) is 16.0 Å². The summed E-state index contributed by atoms with van der Waals surface area (Å²) in [5.74, 6) is 0.215. The van der Waals surface area contributed by atoms with Crippen LogP contribution in [0.15, 0.2) is 30.3 Å². The molecule has 0 aromatic heterocycles. The minimum atomic E-state index is -0.281. The predicted molar refractivity (Wildman–Crippen MR) is 101 cm³/mol. The standard InChI is InChI=1S/C19H27N3O2.ClH/c1-20-18(23)17(14-15-8-3-2-4-9-15)22-13-7-10-16(22)19(24)21-11-5-6-12-21;/h2-4,8-9,16-17H,5-7,10-14H2,1H3,(H,20,23);1H/t16-,17+;/m0./s1. The molecule has 2 saturated heterocycles. The largest absolute Gasteiger partial charge is 0.358 e. The zero-order valence-electron chi connectivity index (χ0n) is 14.8. The van der Waals surface area contributed by atoms with E-state index in [-0.39, 0.29) is 36.3 Å². The zero-order valence-corrected chi connectivity index (χ0v) is 15.6. The quantitative estimate of drug-likeness (QED) is 0.866. The Balaban J connectivity index is 0.00000225. The highest BCUT2D eigenvalue weighted by Gasteiger charge is 2.40. The van der Waals surface area contributed by atoms with Gasteiger partial charge < -0.3 is 10.2 Å². The van der Waals surface area contributed by atoms with Crippen LogP contribution in [0, 0.1) is 0 Å². The number of nitrogens with zero attached hydrogens (tertiary/aromatic N) is 2. The van der Waals surface area contributed by atoms with Crippen LogP contribution in [0.2, 0.25) is 0 Å². The first-order chi connectivity index (χ1) is 11.7. The van der Waals surface area contributed by atoms with Crippen LogP contribution in [0.25, 0.3) is 0 Å². The van der Waals surface area contributed by atoms with Crippen LogP contribution in [0.3, 0.4) is 0 Å². The monoisotopic (exact) mass is 365 g/mol. The molecule has 3 rings (SSSR count). The number of rotatable bonds is 5. The summed E-state index contributed by atoms with van der Waals surface area (Å²) >= 11 is 0. The number of halogens is 1. The van der Waals surface area contributed by atoms with Crippen molar-refractivity contribution in [2.75, 3.05) is 26.7 Å². The van der Waals surface area contributed by atoms with Crippen LogP contribution in [0.5, 0.6) is 0 Å². The van der Waals surface area contributed by atoms with Gasteiger partial charge in [-0.15, -0.1) is 12.4 Å². The van der Waals surface area contributed by atoms with Gasteiger partial charge in [-0.05, 0) is 44.2 Å². The molecule has 2 aliphatic rings. The van der Waals surface area contributed by atoms with Gasteiger partial charge in [0.15, 0.2) is 0 Å². The molecule has 0 spiro atoms. The fourth-order valence-corrected chi connectivity index (χ4v) is 3.94. The van der Waals surface area contributed by atoms with Gasteiger partial charge in [0.1, 0.15) is 0 Å². The first-order valence-corrected chi connectivity index (χ1v) is 9.01. The van der Waals surface area contributed by atoms with E-state index in [4.69, 9.17) is 0 Å². The lowest BCUT2D eigenvalue weighted by atomic mass is 10.0. The number of likely N-dealkylation sites (tertiary alicyclic amines) is 2. The van der Waals surface area contributed by atoms with Gasteiger partial charge in [0.05, 0.1) is 12.1 Å². The first kappa shape index (κ1) is 19.7. The fraction of sp³-hybridized carbons (Fsp3) is 0.579. The van der Waals surface area contributed by atoms with Crippen LogP contribution in [0.1, 0.15) is 31.2 Å². The number of carbonyl (C=O) groups excluding carboxylic acids is 2. The van der Waals surface area contributed by atoms with E-state index in [2.05, 4.69) is 10.2 Å². The number of amides is 2. The Bertz CT molecular complexity index is 575. The molecule has 2 fully saturated rings. The molecule has 1 aromatic carbocycles. The van der Waals surface area contributed by atoms with Gasteiger partial charge in [-0.3, -0.25) is 14.5 Å². The van der Waals surface area contributed by atoms with E-state index in [0.717, 1.165) is 50.9 Å². The van der Waals surface area contributed by atoms with E-state index in [9.17, 15) is 9.59 Å². The molecule has 2 heterocycles. The van der Waals surface area contributed by atoms with Crippen molar-refractivity contribution >= 4 is 24.2 Å². The molecule has 2 aliphatic heterocycles. The molecule has 25 heavy (non-hydrogen) atoms. The third-order valence-electron chi connectivity index (χ3n) is 5.22. The van der Waals surface area contributed by atoms with E-state index < -0.39 is 0 Å². The second-order valence-electron chi connectivity index (χ2n) is 6.75. The van der Waals surface area contributed by atoms with Gasteiger partial charge in [0.25, 0.3) is 0 Å². The first-order valence-electron chi connectivity index (χ1n) is 9.01. The van der Waals surface area contributed by atoms with Gasteiger partial charge in [0.2, 0.25) is 11.8 Å². The summed E-state index contributed by atoms with van der Waals surface area (Å²) in [6.07, 6.45) is 4.68. The molecular formula is C19H28ClN3O2. The van der Waals surface area contributed by atoms with Crippen molar-refractivity contribution in [3.63, 3.8) is 0 Å². The maximum atomic E-state index is 12.9. The van der Waals surface area contributed by atoms with Gasteiger partial charge in [-0.2, -0.15) is 0 Å². The molecule has 0 saturated carbocycles. The van der Waals surface area contributed by atoms with Crippen molar-refractivity contribution in [3.8, 4) is 0 Å². The van der Waals surface area contributed by atoms with Crippen LogP contribution in [-0.4, -0.2) is 60.4 Å². The Morgan fingerprint density at radius 1 is 1.12 bits per heavy atom. The number of nitrogens with one attached hydrogen (secondary N) is 1. The second-order valence-corrected chi connectivity index (χ2v) is 6.75. The predicted octanol–water partition coefficient (Wildman–Crippen LogP) is 1.85. The third kappa shape index (κ3) is 4.53. The lowest BCUT2D eigenvalue weighted by Gasteiger charge is -2.33. The number of hydrogen-bond acceptors (Lipinski definition) is 3. The van der Waals surface area contributed by atoms with E-state index >= 15 is 0 Å². The van der Waals surface area contributed by atoms with Gasteiger partial charge in [-0.1, -0.05) is 30.3 Å². The molecule has 1 N–H and O–H groups in total. The van der Waals surface area contributed by atoms with Crippen LogP contribution in [0.4, 0.5) is 0 Å². The van der Waals surface area contributed by atoms with Crippen molar-refractivity contribution in [2.45, 2.75) is 44.2 Å². The lowest BCUT2D eigenvalue weighted by molar-refractivity contribution is -0.137. The summed E-state index contributed by atoms with van der Waals surface area (Å²) in [5, 5.41) is 2.79. The average Bonchev–Trinajstić information content (AvgIpc) is 3.31. The molecule has 1 aromatic rings. The van der Waals surface area contributed by atoms with Crippen molar-refractivity contribution in [1.82, 2.24) is 15.1 Å². The summed E-state index contributed by atoms with van der Waals surface area (Å²) < 4.78 is 0. The maximum Gasteiger partial charge on any atom is 0.239 e. The number of likely N-dealkylation sites (N-methyl/N-ethyl adjacent to an activating group) is 1. The Hall–Kier alpha value is -1.59. The van der Waals surface area contributed by atoms with Gasteiger partial charge in [0, 0.05) is 20.1 Å². The molecule has 6 heteroatoms. The molecule has 2 amide bonds. The Kier molecular flexibility index (Phi) is 7.26. The lowest BCUT2D eigenvalue weighted by Crippen LogP contribution is -2.54. The highest BCUT2D eigenvalue weighted by molar-refractivity contribution is 5.86. The van der Waals surface area contributed by atoms with Gasteiger partial charge >= 0.3 is 0 Å². The van der Waals surface area contributed by atoms with Crippen molar-refractivity contribution in [3.05, 3.63) is 35.9 Å². The number of benzene rings is 1. The third-order valence-corrected chi connectivity index (χ3v) is 5.22. The molecule has 138 valence electrons. The second kappa shape index (κ2) is 9.20. The molecule has 0 radical (unpaired) electrons. The number of carbonyl (C=O) groups is 2. The summed E-state index contributed by atoms with van der Waals surface area (Å²) in [6, 6.07) is 9.63. The molecule has 0 aliphatic carbocycles. The van der Waals surface area contributed by atoms with Crippen LogP contribution < -0.4 is 5.32 Å². The topological polar surface area (TPSA) is 52.7 Å². The maximum absolute atomic E-state index is 12.9. The van der Waals surface area contributed by atoms with E-state index in [0.29, 0.717) is 6.42 Å². The highest BCUT2D eigenvalue weighted by atomic mass is 35.5. The Labute approximate surface area is 156 Å². The van der Waals surface area contributed by atoms with Gasteiger partial charge in [-0.25, -0.2) is 0 Å². The Morgan fingerprint density at radius 2 is 1.80 bits per heavy atom. The summed E-state index contributed by atoms with van der Waals surface area (Å²) in [6.45, 7) is 2.55. The van der Waals surface area contributed by atoms with Crippen molar-refractivity contribution in [1.29, 1.82) is 0 Å². The van der Waals surface area contributed by atoms with Crippen molar-refractivity contribution in [2.24, 2.45) is 0 Å². The highest BCUT2D eigenvalue weighted by Crippen LogP contribution is 2.25. The number of hydrogen-bond donors (Lipinski definition) is 1. The molecular weight excluding hydrogens is 338 g/mol. The molecule has 0 unspecified atom stereocenters. The van der Waals surface area contributed by atoms with E-state index in [1.54, 1.807) is 7.05 Å². The van der Waals surface area contributed by atoms with E-state index in [1.165, 1.54) is 0 Å². The molecule has 0 bridgehead atoms. The minimum absolute atomic E-state index is 0. The summed E-state index contributed by atoms with van der Waals surface area (Å²) in [7, 11) is 1.67. The van der Waals surface area contributed by atoms with E-state index in [1.807, 2.05) is 35.2 Å². The Morgan fingerprint density at radius 3 is 2.44 bits per heavy atom. The average molecular weight is 366 g/mol. The van der Waals surface area contributed by atoms with Crippen molar-refractivity contribution < 1.29 is 9.59 Å². The molecule has 2 atom stereocenters. The molecule has 5 nitrogen and oxygen atoms in total. The van der Waals surface area contributed by atoms with Crippen LogP contribution >= 0.6 is 12.4 Å². The normalized spacial score (nSPS) is 21.6. The zero-order chi connectivity index (χ0) is 16.9. The summed E-state index contributed by atoms with van der Waals surface area (Å²) in [5.41, 5.74) is 1.13. The smallest absolute Gasteiger partial charge is 0.239 e. The minimum Gasteiger partial charge on any atom is -0.358 e. The SMILES string of the molecule is CNC(=O)[C@@H](Cc1ccccc1)N1CCC[C@H]1C(=O)N1CCCC1.Cl. The fourth-order valence-electron chi connectivity index (χ4n) is 3.94.